The summed E-state index contributed by atoms with van der Waals surface area (Å²) in [7, 11) is -5.87. The third kappa shape index (κ3) is 2.24. The Kier molecular flexibility index (Phi) is 3.09. The number of hydrogen-bond donors (Lipinski definition) is 2. The van der Waals surface area contributed by atoms with Gasteiger partial charge in [-0.3, -0.25) is 0 Å². The molecule has 0 amide bonds. The van der Waals surface area contributed by atoms with Crippen LogP contribution in [0.2, 0.25) is 0 Å². The first kappa shape index (κ1) is 12.7. The van der Waals surface area contributed by atoms with Gasteiger partial charge in [0.05, 0.1) is 4.91 Å². The summed E-state index contributed by atoms with van der Waals surface area (Å²) < 4.78 is 36.4. The Labute approximate surface area is 87.8 Å². The fourth-order valence-electron chi connectivity index (χ4n) is 0.953. The molecule has 9 heteroatoms. The first-order valence-corrected chi connectivity index (χ1v) is 5.42. The van der Waals surface area contributed by atoms with E-state index in [0.717, 1.165) is 12.1 Å². The first-order valence-electron chi connectivity index (χ1n) is 3.84. The van der Waals surface area contributed by atoms with E-state index in [4.69, 9.17) is 10.1 Å². The summed E-state index contributed by atoms with van der Waals surface area (Å²) in [6.07, 6.45) is 0. The molecule has 16 heavy (non-hydrogen) atoms. The molecule has 2 N–H and O–H groups in total. The molecule has 6 nitrogen and oxygen atoms in total. The molecule has 1 atom stereocenters. The molecule has 1 rings (SSSR count). The van der Waals surface area contributed by atoms with Crippen molar-refractivity contribution in [3.05, 3.63) is 34.7 Å². The maximum absolute atomic E-state index is 13.0. The normalized spacial score (nSPS) is 15.5. The van der Waals surface area contributed by atoms with Crippen molar-refractivity contribution in [2.24, 2.45) is 0 Å². The second-order valence-electron chi connectivity index (χ2n) is 2.88. The zero-order chi connectivity index (χ0) is 12.6. The van der Waals surface area contributed by atoms with Crippen LogP contribution in [0.25, 0.3) is 0 Å². The van der Waals surface area contributed by atoms with Gasteiger partial charge in [-0.2, -0.15) is 8.78 Å². The minimum absolute atomic E-state index is 0.349. The number of rotatable bonds is 3. The number of alkyl halides is 2. The van der Waals surface area contributed by atoms with E-state index in [1.165, 1.54) is 0 Å². The highest BCUT2D eigenvalue weighted by Crippen LogP contribution is 2.56. The molecule has 0 aliphatic rings. The lowest BCUT2D eigenvalue weighted by Crippen LogP contribution is -2.21. The number of halogens is 2. The van der Waals surface area contributed by atoms with Crippen molar-refractivity contribution in [1.29, 1.82) is 0 Å². The summed E-state index contributed by atoms with van der Waals surface area (Å²) >= 11 is 0. The number of nitrogens with zero attached hydrogens (tertiary/aromatic N) is 1. The maximum Gasteiger partial charge on any atom is 0.333 e. The molecule has 0 bridgehead atoms. The lowest BCUT2D eigenvalue weighted by Gasteiger charge is -2.26. The molecule has 88 valence electrons. The summed E-state index contributed by atoms with van der Waals surface area (Å²) in [6.45, 7) is 0. The third-order valence-electron chi connectivity index (χ3n) is 1.79. The molecule has 0 heterocycles. The molecule has 0 aliphatic carbocycles. The maximum atomic E-state index is 13.0. The standard InChI is InChI=1S/C7H6F2NO5P/c8-7(9,16(13,14)15)5-1-3-6(4-2-5)10(11)12/h1-4H,(H2-,11,12,13,14,15). The van der Waals surface area contributed by atoms with Gasteiger partial charge in [-0.25, -0.2) is 5.21 Å². The Morgan fingerprint density at radius 3 is 2.06 bits per heavy atom. The van der Waals surface area contributed by atoms with Crippen LogP contribution in [0.5, 0.6) is 0 Å². The predicted molar refractivity (Wildman–Crippen MR) is 45.2 cm³/mol. The van der Waals surface area contributed by atoms with Crippen LogP contribution in [0.15, 0.2) is 24.3 Å². The first-order chi connectivity index (χ1) is 7.16. The molecule has 0 aromatic heterocycles. The van der Waals surface area contributed by atoms with Gasteiger partial charge >= 0.3 is 11.4 Å². The van der Waals surface area contributed by atoms with Gasteiger partial charge in [-0.15, -0.1) is 0 Å². The highest BCUT2D eigenvalue weighted by atomic mass is 31.2. The quantitative estimate of drug-likeness (QED) is 0.620. The van der Waals surface area contributed by atoms with E-state index in [1.807, 2.05) is 0 Å². The monoisotopic (exact) mass is 253 g/mol. The lowest BCUT2D eigenvalue weighted by molar-refractivity contribution is -0.729. The predicted octanol–water partition coefficient (Wildman–Crippen LogP) is 1.08. The Morgan fingerprint density at radius 2 is 1.75 bits per heavy atom. The zero-order valence-electron chi connectivity index (χ0n) is 7.58. The van der Waals surface area contributed by atoms with Crippen LogP contribution >= 0.6 is 7.60 Å². The van der Waals surface area contributed by atoms with Crippen LogP contribution < -0.4 is 4.89 Å². The van der Waals surface area contributed by atoms with Gasteiger partial charge in [0, 0.05) is 17.7 Å². The smallest absolute Gasteiger partial charge is 0.333 e. The Hall–Kier alpha value is -1.37. The van der Waals surface area contributed by atoms with Crippen molar-refractivity contribution in [1.82, 2.24) is 0 Å². The molecule has 0 aliphatic heterocycles. The Bertz CT molecular complexity index is 454. The van der Waals surface area contributed by atoms with E-state index in [9.17, 15) is 23.1 Å². The fraction of sp³-hybridized carbons (Fsp3) is 0.143. The van der Waals surface area contributed by atoms with E-state index in [2.05, 4.69) is 0 Å². The van der Waals surface area contributed by atoms with Crippen molar-refractivity contribution in [3.8, 4) is 0 Å². The van der Waals surface area contributed by atoms with Crippen LogP contribution in [0.3, 0.4) is 0 Å². The molecular formula is C7H6F2NO5P. The third-order valence-corrected chi connectivity index (χ3v) is 2.76. The van der Waals surface area contributed by atoms with Crippen molar-refractivity contribution < 1.29 is 33.3 Å². The van der Waals surface area contributed by atoms with E-state index in [1.54, 1.807) is 0 Å². The van der Waals surface area contributed by atoms with Gasteiger partial charge in [-0.05, 0) is 12.1 Å². The second kappa shape index (κ2) is 3.89. The summed E-state index contributed by atoms with van der Waals surface area (Å²) in [4.78, 5) is 28.4. The van der Waals surface area contributed by atoms with Crippen LogP contribution in [0.4, 0.5) is 14.5 Å². The van der Waals surface area contributed by atoms with Gasteiger partial charge in [0.2, 0.25) is 7.60 Å². The molecule has 1 aromatic rings. The molecule has 0 fully saturated rings. The van der Waals surface area contributed by atoms with Crippen molar-refractivity contribution in [2.75, 3.05) is 0 Å². The highest BCUT2D eigenvalue weighted by Gasteiger charge is 2.42. The Morgan fingerprint density at radius 1 is 1.31 bits per heavy atom. The summed E-state index contributed by atoms with van der Waals surface area (Å²) in [6, 6.07) is 2.78. The van der Waals surface area contributed by atoms with E-state index < -0.39 is 23.7 Å². The second-order valence-corrected chi connectivity index (χ2v) is 4.48. The molecule has 0 spiro atoms. The minimum atomic E-state index is -5.87. The highest BCUT2D eigenvalue weighted by molar-refractivity contribution is 7.51. The lowest BCUT2D eigenvalue weighted by atomic mass is 10.2. The largest absolute Gasteiger partial charge is 0.774 e. The van der Waals surface area contributed by atoms with Crippen LogP contribution in [0.1, 0.15) is 5.56 Å². The van der Waals surface area contributed by atoms with Crippen LogP contribution in [-0.4, -0.2) is 15.0 Å². The number of hydrogen-bond acceptors (Lipinski definition) is 3. The molecular weight excluding hydrogens is 247 g/mol. The van der Waals surface area contributed by atoms with Gasteiger partial charge in [-0.1, -0.05) is 0 Å². The molecule has 0 radical (unpaired) electrons. The molecule has 0 saturated carbocycles. The van der Waals surface area contributed by atoms with E-state index in [0.29, 0.717) is 12.1 Å². The molecule has 1 aromatic carbocycles. The topological polar surface area (TPSA) is 101 Å². The number of benzene rings is 1. The summed E-state index contributed by atoms with van der Waals surface area (Å²) in [5, 5.41) is 8.40. The fourth-order valence-corrected chi connectivity index (χ4v) is 1.43. The van der Waals surface area contributed by atoms with Crippen molar-refractivity contribution in [3.63, 3.8) is 0 Å². The summed E-state index contributed by atoms with van der Waals surface area (Å²) in [5.74, 6) is 0. The minimum Gasteiger partial charge on any atom is -0.774 e. The zero-order valence-corrected chi connectivity index (χ0v) is 8.47. The van der Waals surface area contributed by atoms with Crippen LogP contribution in [-0.2, 0) is 10.2 Å². The van der Waals surface area contributed by atoms with E-state index in [-0.39, 0.29) is 5.69 Å². The SMILES string of the molecule is O=[N+](O)c1ccc(C(F)(F)P(=O)([O-])O)cc1. The average molecular weight is 253 g/mol. The van der Waals surface area contributed by atoms with Crippen molar-refractivity contribution >= 4 is 13.3 Å². The molecule has 0 saturated heterocycles. The molecule has 1 unspecified atom stereocenters. The van der Waals surface area contributed by atoms with Gasteiger partial charge in [0.1, 0.15) is 0 Å². The summed E-state index contributed by atoms with van der Waals surface area (Å²) in [5.41, 5.74) is -5.79. The average Bonchev–Trinajstić information content (AvgIpc) is 2.16. The van der Waals surface area contributed by atoms with Gasteiger partial charge < -0.3 is 14.4 Å². The van der Waals surface area contributed by atoms with E-state index >= 15 is 0 Å². The van der Waals surface area contributed by atoms with Crippen LogP contribution in [0, 0.1) is 4.91 Å². The van der Waals surface area contributed by atoms with Gasteiger partial charge in [0.15, 0.2) is 0 Å². The van der Waals surface area contributed by atoms with Crippen molar-refractivity contribution in [2.45, 2.75) is 5.66 Å². The Balaban J connectivity index is 3.17. The van der Waals surface area contributed by atoms with Gasteiger partial charge in [0.25, 0.3) is 4.92 Å².